The molecule has 262 valence electrons. The van der Waals surface area contributed by atoms with Gasteiger partial charge in [-0.1, -0.05) is 115 Å². The highest BCUT2D eigenvalue weighted by Gasteiger charge is 2.26. The number of para-hydroxylation sites is 2. The summed E-state index contributed by atoms with van der Waals surface area (Å²) in [7, 11) is 0. The van der Waals surface area contributed by atoms with Crippen LogP contribution in [0.25, 0.3) is 88.4 Å². The zero-order valence-electron chi connectivity index (χ0n) is 31.0. The smallest absolute Gasteiger partial charge is 0.0998 e. The molecule has 0 saturated heterocycles. The number of aromatic nitrogens is 2. The Morgan fingerprint density at radius 3 is 1.62 bits per heavy atom. The van der Waals surface area contributed by atoms with Gasteiger partial charge in [-0.3, -0.25) is 0 Å². The third-order valence-corrected chi connectivity index (χ3v) is 11.2. The highest BCUT2D eigenvalue weighted by atomic mass is 15.0. The summed E-state index contributed by atoms with van der Waals surface area (Å²) >= 11 is 0. The highest BCUT2D eigenvalue weighted by Crippen LogP contribution is 2.46. The number of nitriles is 2. The lowest BCUT2D eigenvalue weighted by molar-refractivity contribution is 1.11. The number of hydrogen-bond donors (Lipinski definition) is 0. The summed E-state index contributed by atoms with van der Waals surface area (Å²) in [5.74, 6) is 0. The van der Waals surface area contributed by atoms with Gasteiger partial charge in [0.05, 0.1) is 56.7 Å². The summed E-state index contributed by atoms with van der Waals surface area (Å²) in [4.78, 5) is 0. The van der Waals surface area contributed by atoms with Gasteiger partial charge in [-0.05, 0) is 102 Å². The van der Waals surface area contributed by atoms with Crippen molar-refractivity contribution in [2.45, 2.75) is 13.8 Å². The number of benzene rings is 8. The molecule has 0 unspecified atom stereocenters. The second kappa shape index (κ2) is 13.0. The molecule has 0 spiro atoms. The van der Waals surface area contributed by atoms with E-state index in [4.69, 9.17) is 0 Å². The SMILES string of the molecule is Cc1cccc(C)c1-n1c2ccccc2c2ccc(-n3c4ccc(-c5ccccc5)cc4c4cc(-c5ccccc5)ccc43)c(-c3cc(C#N)ccc3C#N)c21. The summed E-state index contributed by atoms with van der Waals surface area (Å²) in [6.45, 7) is 4.32. The molecular weight excluding hydrogens is 681 g/mol. The van der Waals surface area contributed by atoms with Crippen LogP contribution in [0.3, 0.4) is 0 Å². The molecule has 0 aliphatic rings. The van der Waals surface area contributed by atoms with Crippen molar-refractivity contribution in [3.63, 3.8) is 0 Å². The van der Waals surface area contributed by atoms with Crippen molar-refractivity contribution in [1.29, 1.82) is 10.5 Å². The zero-order valence-corrected chi connectivity index (χ0v) is 31.0. The van der Waals surface area contributed by atoms with Gasteiger partial charge in [-0.2, -0.15) is 10.5 Å². The van der Waals surface area contributed by atoms with E-state index in [0.717, 1.165) is 99.5 Å². The molecule has 4 heteroatoms. The van der Waals surface area contributed by atoms with Crippen LogP contribution in [0.1, 0.15) is 22.3 Å². The van der Waals surface area contributed by atoms with E-state index >= 15 is 0 Å². The largest absolute Gasteiger partial charge is 0.309 e. The van der Waals surface area contributed by atoms with Crippen LogP contribution in [0.4, 0.5) is 0 Å². The van der Waals surface area contributed by atoms with Crippen molar-refractivity contribution >= 4 is 43.6 Å². The first kappa shape index (κ1) is 32.9. The lowest BCUT2D eigenvalue weighted by atomic mass is 9.94. The van der Waals surface area contributed by atoms with Gasteiger partial charge in [0.15, 0.2) is 0 Å². The van der Waals surface area contributed by atoms with E-state index in [1.807, 2.05) is 18.2 Å². The summed E-state index contributed by atoms with van der Waals surface area (Å²) in [5, 5.41) is 25.4. The van der Waals surface area contributed by atoms with Gasteiger partial charge in [-0.15, -0.1) is 0 Å². The van der Waals surface area contributed by atoms with Crippen molar-refractivity contribution in [3.05, 3.63) is 192 Å². The lowest BCUT2D eigenvalue weighted by Gasteiger charge is -2.20. The fraction of sp³-hybridized carbons (Fsp3) is 0.0385. The first-order valence-corrected chi connectivity index (χ1v) is 18.8. The Bertz CT molecular complexity index is 3160. The molecule has 0 aliphatic heterocycles. The summed E-state index contributed by atoms with van der Waals surface area (Å²) < 4.78 is 4.74. The molecule has 10 aromatic rings. The Hall–Kier alpha value is -7.66. The zero-order chi connectivity index (χ0) is 37.9. The van der Waals surface area contributed by atoms with E-state index in [2.05, 4.69) is 175 Å². The van der Waals surface area contributed by atoms with Crippen LogP contribution in [-0.4, -0.2) is 9.13 Å². The molecule has 0 amide bonds. The van der Waals surface area contributed by atoms with Gasteiger partial charge in [-0.25, -0.2) is 0 Å². The topological polar surface area (TPSA) is 57.4 Å². The minimum absolute atomic E-state index is 0.499. The van der Waals surface area contributed by atoms with Gasteiger partial charge in [0.25, 0.3) is 0 Å². The Kier molecular flexibility index (Phi) is 7.66. The van der Waals surface area contributed by atoms with E-state index in [1.54, 1.807) is 12.1 Å². The molecule has 2 aromatic heterocycles. The van der Waals surface area contributed by atoms with Crippen molar-refractivity contribution in [1.82, 2.24) is 9.13 Å². The molecule has 8 aromatic carbocycles. The van der Waals surface area contributed by atoms with Crippen LogP contribution < -0.4 is 0 Å². The Labute approximate surface area is 325 Å². The summed E-state index contributed by atoms with van der Waals surface area (Å²) in [5.41, 5.74) is 15.7. The Balaban J connectivity index is 1.41. The molecule has 4 nitrogen and oxygen atoms in total. The number of nitrogens with zero attached hydrogens (tertiary/aromatic N) is 4. The van der Waals surface area contributed by atoms with Crippen molar-refractivity contribution in [2.24, 2.45) is 0 Å². The average Bonchev–Trinajstić information content (AvgIpc) is 3.75. The molecule has 0 saturated carbocycles. The molecule has 0 bridgehead atoms. The normalized spacial score (nSPS) is 11.4. The van der Waals surface area contributed by atoms with E-state index in [9.17, 15) is 10.5 Å². The fourth-order valence-electron chi connectivity index (χ4n) is 8.71. The van der Waals surface area contributed by atoms with Crippen LogP contribution in [0.15, 0.2) is 170 Å². The first-order chi connectivity index (χ1) is 27.5. The van der Waals surface area contributed by atoms with Crippen molar-refractivity contribution < 1.29 is 0 Å². The van der Waals surface area contributed by atoms with Gasteiger partial charge >= 0.3 is 0 Å². The van der Waals surface area contributed by atoms with Crippen LogP contribution >= 0.6 is 0 Å². The third-order valence-electron chi connectivity index (χ3n) is 11.2. The fourth-order valence-corrected chi connectivity index (χ4v) is 8.71. The Morgan fingerprint density at radius 1 is 0.429 bits per heavy atom. The van der Waals surface area contributed by atoms with E-state index < -0.39 is 0 Å². The number of aryl methyl sites for hydroxylation is 2. The molecule has 0 radical (unpaired) electrons. The van der Waals surface area contributed by atoms with Crippen LogP contribution in [0, 0.1) is 36.5 Å². The minimum atomic E-state index is 0.499. The Morgan fingerprint density at radius 2 is 1.02 bits per heavy atom. The van der Waals surface area contributed by atoms with Crippen LogP contribution in [-0.2, 0) is 0 Å². The molecular formula is C52H34N4. The highest BCUT2D eigenvalue weighted by molar-refractivity contribution is 6.18. The lowest BCUT2D eigenvalue weighted by Crippen LogP contribution is -2.04. The van der Waals surface area contributed by atoms with Crippen molar-refractivity contribution in [3.8, 4) is 56.9 Å². The predicted octanol–water partition coefficient (Wildman–Crippen LogP) is 13.2. The first-order valence-electron chi connectivity index (χ1n) is 18.8. The van der Waals surface area contributed by atoms with E-state index in [0.29, 0.717) is 11.1 Å². The second-order valence-corrected chi connectivity index (χ2v) is 14.5. The van der Waals surface area contributed by atoms with Gasteiger partial charge < -0.3 is 9.13 Å². The number of rotatable bonds is 5. The van der Waals surface area contributed by atoms with E-state index in [-0.39, 0.29) is 0 Å². The van der Waals surface area contributed by atoms with Crippen LogP contribution in [0.5, 0.6) is 0 Å². The standard InChI is InChI=1S/C52H34N4/c1-33-12-11-13-34(2)51(33)56-46-19-10-9-18-41(46)42-24-27-49(50(52(42)56)43-28-35(31-53)20-21-40(43)32-54)55-47-25-22-38(36-14-5-3-6-15-36)29-44(47)45-30-39(23-26-48(45)55)37-16-7-4-8-17-37/h3-30H,1-2H3. The van der Waals surface area contributed by atoms with Gasteiger partial charge in [0, 0.05) is 32.7 Å². The minimum Gasteiger partial charge on any atom is -0.309 e. The second-order valence-electron chi connectivity index (χ2n) is 14.5. The molecule has 0 aliphatic carbocycles. The summed E-state index contributed by atoms with van der Waals surface area (Å²) in [6.07, 6.45) is 0. The maximum Gasteiger partial charge on any atom is 0.0998 e. The number of hydrogen-bond acceptors (Lipinski definition) is 2. The maximum atomic E-state index is 10.7. The molecule has 0 fully saturated rings. The number of fused-ring (bicyclic) bond motifs is 6. The van der Waals surface area contributed by atoms with Gasteiger partial charge in [0.2, 0.25) is 0 Å². The molecule has 0 N–H and O–H groups in total. The van der Waals surface area contributed by atoms with Crippen molar-refractivity contribution in [2.75, 3.05) is 0 Å². The van der Waals surface area contributed by atoms with Crippen LogP contribution in [0.2, 0.25) is 0 Å². The third kappa shape index (κ3) is 5.05. The summed E-state index contributed by atoms with van der Waals surface area (Å²) in [6, 6.07) is 64.1. The molecule has 0 atom stereocenters. The molecule has 10 rings (SSSR count). The monoisotopic (exact) mass is 714 g/mol. The predicted molar refractivity (Wildman–Crippen MR) is 230 cm³/mol. The average molecular weight is 715 g/mol. The maximum absolute atomic E-state index is 10.7. The molecule has 56 heavy (non-hydrogen) atoms. The molecule has 2 heterocycles. The quantitative estimate of drug-likeness (QED) is 0.178. The van der Waals surface area contributed by atoms with Gasteiger partial charge in [0.1, 0.15) is 0 Å². The van der Waals surface area contributed by atoms with E-state index in [1.165, 1.54) is 0 Å².